The minimum Gasteiger partial charge on any atom is -0.290 e. The fraction of sp³-hybridized carbons (Fsp3) is 0.600. The number of carbonyl (C=O) groups excluding carboxylic acids is 2. The summed E-state index contributed by atoms with van der Waals surface area (Å²) in [5.74, 6) is 1.09. The minimum absolute atomic E-state index is 0.0648. The third kappa shape index (κ3) is 1.90. The van der Waals surface area contributed by atoms with E-state index in [1.807, 2.05) is 0 Å². The number of carbonyl (C=O) groups is 2. The molecule has 0 saturated carbocycles. The van der Waals surface area contributed by atoms with Crippen molar-refractivity contribution in [3.05, 3.63) is 22.8 Å². The van der Waals surface area contributed by atoms with Crippen LogP contribution in [0, 0.1) is 17.8 Å². The molecule has 0 bridgehead atoms. The van der Waals surface area contributed by atoms with E-state index in [2.05, 4.69) is 20.8 Å². The Morgan fingerprint density at radius 1 is 1.18 bits per heavy atom. The largest absolute Gasteiger partial charge is 0.290 e. The average molecular weight is 232 g/mol. The summed E-state index contributed by atoms with van der Waals surface area (Å²) in [4.78, 5) is 24.4. The van der Waals surface area contributed by atoms with Crippen molar-refractivity contribution in [3.8, 4) is 0 Å². The SMILES string of the molecule is CC1=CC(=O)C2=C(C1=O)C(C(C)C)CCC2C. The van der Waals surface area contributed by atoms with Crippen LogP contribution in [0.5, 0.6) is 0 Å². The van der Waals surface area contributed by atoms with E-state index in [0.29, 0.717) is 11.5 Å². The first-order valence-electron chi connectivity index (χ1n) is 6.44. The fourth-order valence-corrected chi connectivity index (χ4v) is 3.07. The van der Waals surface area contributed by atoms with Crippen molar-refractivity contribution in [3.63, 3.8) is 0 Å². The summed E-state index contributed by atoms with van der Waals surface area (Å²) >= 11 is 0. The Morgan fingerprint density at radius 3 is 2.41 bits per heavy atom. The molecule has 0 amide bonds. The van der Waals surface area contributed by atoms with Gasteiger partial charge < -0.3 is 0 Å². The number of ketones is 2. The van der Waals surface area contributed by atoms with Crippen molar-refractivity contribution in [1.29, 1.82) is 0 Å². The molecular formula is C15H20O2. The van der Waals surface area contributed by atoms with E-state index in [9.17, 15) is 9.59 Å². The molecule has 2 heteroatoms. The van der Waals surface area contributed by atoms with Crippen LogP contribution in [0.2, 0.25) is 0 Å². The Kier molecular flexibility index (Phi) is 3.07. The van der Waals surface area contributed by atoms with Crippen molar-refractivity contribution in [2.45, 2.75) is 40.5 Å². The number of allylic oxidation sites excluding steroid dienone is 4. The van der Waals surface area contributed by atoms with E-state index < -0.39 is 0 Å². The lowest BCUT2D eigenvalue weighted by molar-refractivity contribution is -0.117. The third-order valence-corrected chi connectivity index (χ3v) is 4.09. The van der Waals surface area contributed by atoms with Gasteiger partial charge in [0.25, 0.3) is 0 Å². The van der Waals surface area contributed by atoms with Gasteiger partial charge in [0, 0.05) is 16.7 Å². The molecule has 2 nitrogen and oxygen atoms in total. The second-order valence-electron chi connectivity index (χ2n) is 5.68. The molecular weight excluding hydrogens is 212 g/mol. The zero-order chi connectivity index (χ0) is 12.7. The summed E-state index contributed by atoms with van der Waals surface area (Å²) in [6.45, 7) is 8.08. The number of hydrogen-bond donors (Lipinski definition) is 0. The summed E-state index contributed by atoms with van der Waals surface area (Å²) in [7, 11) is 0. The summed E-state index contributed by atoms with van der Waals surface area (Å²) in [5, 5.41) is 0. The lowest BCUT2D eigenvalue weighted by Gasteiger charge is -2.35. The van der Waals surface area contributed by atoms with Crippen LogP contribution in [-0.4, -0.2) is 11.6 Å². The van der Waals surface area contributed by atoms with Gasteiger partial charge in [-0.2, -0.15) is 0 Å². The Bertz CT molecular complexity index is 438. The molecule has 0 aromatic carbocycles. The predicted octanol–water partition coefficient (Wildman–Crippen LogP) is 3.08. The van der Waals surface area contributed by atoms with Crippen LogP contribution in [-0.2, 0) is 9.59 Å². The maximum absolute atomic E-state index is 12.3. The van der Waals surface area contributed by atoms with Crippen LogP contribution in [0.3, 0.4) is 0 Å². The summed E-state index contributed by atoms with van der Waals surface area (Å²) in [5.41, 5.74) is 2.22. The maximum Gasteiger partial charge on any atom is 0.185 e. The molecule has 0 radical (unpaired) electrons. The average Bonchev–Trinajstić information content (AvgIpc) is 2.25. The summed E-state index contributed by atoms with van der Waals surface area (Å²) in [6, 6.07) is 0. The van der Waals surface area contributed by atoms with Gasteiger partial charge in [-0.1, -0.05) is 20.8 Å². The number of rotatable bonds is 1. The number of hydrogen-bond acceptors (Lipinski definition) is 2. The standard InChI is InChI=1S/C15H20O2/c1-8(2)11-6-5-9(3)13-12(16)7-10(4)15(17)14(11)13/h7-9,11H,5-6H2,1-4H3. The van der Waals surface area contributed by atoms with Gasteiger partial charge in [-0.05, 0) is 43.6 Å². The van der Waals surface area contributed by atoms with Crippen LogP contribution < -0.4 is 0 Å². The molecule has 0 spiro atoms. The maximum atomic E-state index is 12.3. The minimum atomic E-state index is 0.0648. The Hall–Kier alpha value is -1.18. The molecule has 2 aliphatic rings. The number of Topliss-reactive ketones (excluding diaryl/α,β-unsaturated/α-hetero) is 1. The molecule has 0 N–H and O–H groups in total. The van der Waals surface area contributed by atoms with Crippen LogP contribution in [0.1, 0.15) is 40.5 Å². The quantitative estimate of drug-likeness (QED) is 0.651. The molecule has 92 valence electrons. The van der Waals surface area contributed by atoms with Crippen molar-refractivity contribution in [2.75, 3.05) is 0 Å². The second-order valence-corrected chi connectivity index (χ2v) is 5.68. The summed E-state index contributed by atoms with van der Waals surface area (Å²) < 4.78 is 0. The topological polar surface area (TPSA) is 34.1 Å². The highest BCUT2D eigenvalue weighted by Gasteiger charge is 2.38. The van der Waals surface area contributed by atoms with E-state index in [0.717, 1.165) is 24.0 Å². The highest BCUT2D eigenvalue weighted by molar-refractivity contribution is 6.23. The van der Waals surface area contributed by atoms with Crippen molar-refractivity contribution < 1.29 is 9.59 Å². The third-order valence-electron chi connectivity index (χ3n) is 4.09. The zero-order valence-corrected chi connectivity index (χ0v) is 11.0. The van der Waals surface area contributed by atoms with Crippen molar-refractivity contribution in [1.82, 2.24) is 0 Å². The van der Waals surface area contributed by atoms with Crippen molar-refractivity contribution in [2.24, 2.45) is 17.8 Å². The zero-order valence-electron chi connectivity index (χ0n) is 11.0. The molecule has 0 aromatic heterocycles. The van der Waals surface area contributed by atoms with Gasteiger partial charge in [0.15, 0.2) is 11.6 Å². The molecule has 2 atom stereocenters. The molecule has 0 heterocycles. The van der Waals surface area contributed by atoms with Gasteiger partial charge >= 0.3 is 0 Å². The van der Waals surface area contributed by atoms with E-state index in [1.54, 1.807) is 6.92 Å². The fourth-order valence-electron chi connectivity index (χ4n) is 3.07. The highest BCUT2D eigenvalue weighted by Crippen LogP contribution is 2.41. The van der Waals surface area contributed by atoms with E-state index in [-0.39, 0.29) is 23.4 Å². The van der Waals surface area contributed by atoms with Crippen LogP contribution in [0.4, 0.5) is 0 Å². The lowest BCUT2D eigenvalue weighted by Crippen LogP contribution is -2.32. The van der Waals surface area contributed by atoms with Gasteiger partial charge in [0.05, 0.1) is 0 Å². The summed E-state index contributed by atoms with van der Waals surface area (Å²) in [6.07, 6.45) is 3.57. The second kappa shape index (κ2) is 4.25. The van der Waals surface area contributed by atoms with E-state index in [4.69, 9.17) is 0 Å². The van der Waals surface area contributed by atoms with Crippen molar-refractivity contribution >= 4 is 11.6 Å². The first-order chi connectivity index (χ1) is 7.93. The van der Waals surface area contributed by atoms with Gasteiger partial charge in [-0.25, -0.2) is 0 Å². The first-order valence-corrected chi connectivity index (χ1v) is 6.44. The van der Waals surface area contributed by atoms with Crippen LogP contribution in [0.15, 0.2) is 22.8 Å². The molecule has 17 heavy (non-hydrogen) atoms. The monoisotopic (exact) mass is 232 g/mol. The Labute approximate surface area is 103 Å². The van der Waals surface area contributed by atoms with Gasteiger partial charge in [0.2, 0.25) is 0 Å². The van der Waals surface area contributed by atoms with E-state index in [1.165, 1.54) is 6.08 Å². The van der Waals surface area contributed by atoms with Gasteiger partial charge in [-0.15, -0.1) is 0 Å². The Morgan fingerprint density at radius 2 is 1.82 bits per heavy atom. The molecule has 0 saturated heterocycles. The van der Waals surface area contributed by atoms with Crippen LogP contribution in [0.25, 0.3) is 0 Å². The first kappa shape index (κ1) is 12.3. The molecule has 2 aliphatic carbocycles. The molecule has 2 unspecified atom stereocenters. The molecule has 0 aromatic rings. The van der Waals surface area contributed by atoms with E-state index >= 15 is 0 Å². The Balaban J connectivity index is 2.55. The highest BCUT2D eigenvalue weighted by atomic mass is 16.1. The molecule has 0 fully saturated rings. The molecule has 2 rings (SSSR count). The van der Waals surface area contributed by atoms with Gasteiger partial charge in [-0.3, -0.25) is 9.59 Å². The van der Waals surface area contributed by atoms with Gasteiger partial charge in [0.1, 0.15) is 0 Å². The molecule has 0 aliphatic heterocycles. The normalized spacial score (nSPS) is 29.6. The smallest absolute Gasteiger partial charge is 0.185 e. The van der Waals surface area contributed by atoms with Crippen LogP contribution >= 0.6 is 0 Å². The predicted molar refractivity (Wildman–Crippen MR) is 67.5 cm³/mol. The lowest BCUT2D eigenvalue weighted by atomic mass is 9.68.